The van der Waals surface area contributed by atoms with Crippen LogP contribution in [0.4, 0.5) is 11.4 Å². The van der Waals surface area contributed by atoms with Gasteiger partial charge in [0.15, 0.2) is 0 Å². The van der Waals surface area contributed by atoms with Crippen LogP contribution in [0, 0.1) is 17.8 Å². The molecule has 6 atom stereocenters. The van der Waals surface area contributed by atoms with Crippen LogP contribution in [0.25, 0.3) is 0 Å². The van der Waals surface area contributed by atoms with E-state index in [1.807, 2.05) is 45.0 Å². The van der Waals surface area contributed by atoms with Crippen molar-refractivity contribution < 1.29 is 29.0 Å². The minimum atomic E-state index is -1.20. The number of benzene rings is 2. The number of likely N-dealkylation sites (tertiary alicyclic amines) is 1. The number of aliphatic hydroxyl groups excluding tert-OH is 1. The molecule has 9 nitrogen and oxygen atoms in total. The van der Waals surface area contributed by atoms with Gasteiger partial charge in [0.05, 0.1) is 24.0 Å². The minimum absolute atomic E-state index is 0.107. The third-order valence-electron chi connectivity index (χ3n) is 10.4. The highest BCUT2D eigenvalue weighted by molar-refractivity contribution is 6.30. The standard InChI is InChI=1S/C38H48ClN3O6/c1-6-21-40(29-17-19-30(20-18-29)47-8-3)34(44)31-32-35(45)42(23-11-9-10-12-24-43)33(38(32)25-26(4)37(31,5)48-38)36(46)41(22-7-2)28-15-13-27(39)14-16-28/h6-7,13-20,26,31-33,43H,1-2,8-12,21-25H2,3-5H3/t26?,31-,32-,33?,37+,38?/m0/s1. The molecule has 3 amide bonds. The molecule has 0 radical (unpaired) electrons. The summed E-state index contributed by atoms with van der Waals surface area (Å²) in [6.45, 7) is 15.1. The maximum absolute atomic E-state index is 14.9. The molecule has 1 N–H and O–H groups in total. The van der Waals surface area contributed by atoms with Gasteiger partial charge in [0.2, 0.25) is 11.8 Å². The van der Waals surface area contributed by atoms with Gasteiger partial charge in [-0.2, -0.15) is 0 Å². The van der Waals surface area contributed by atoms with Gasteiger partial charge in [-0.1, -0.05) is 43.5 Å². The topological polar surface area (TPSA) is 99.6 Å². The van der Waals surface area contributed by atoms with Crippen LogP contribution < -0.4 is 14.5 Å². The number of halogens is 1. The van der Waals surface area contributed by atoms with E-state index in [2.05, 4.69) is 13.2 Å². The highest BCUT2D eigenvalue weighted by Gasteiger charge is 2.80. The zero-order valence-electron chi connectivity index (χ0n) is 28.3. The van der Waals surface area contributed by atoms with Crippen molar-refractivity contribution >= 4 is 40.7 Å². The van der Waals surface area contributed by atoms with E-state index in [-0.39, 0.29) is 43.3 Å². The van der Waals surface area contributed by atoms with E-state index in [1.54, 1.807) is 51.1 Å². The molecule has 3 aliphatic rings. The lowest BCUT2D eigenvalue weighted by atomic mass is 9.62. The first-order valence-electron chi connectivity index (χ1n) is 17.0. The van der Waals surface area contributed by atoms with Gasteiger partial charge in [0.1, 0.15) is 17.4 Å². The third kappa shape index (κ3) is 6.28. The van der Waals surface area contributed by atoms with Crippen LogP contribution in [-0.4, -0.2) is 77.8 Å². The van der Waals surface area contributed by atoms with E-state index in [4.69, 9.17) is 21.1 Å². The Kier molecular flexibility index (Phi) is 11.0. The Morgan fingerprint density at radius 2 is 1.58 bits per heavy atom. The average Bonchev–Trinajstić information content (AvgIpc) is 3.59. The van der Waals surface area contributed by atoms with Crippen molar-refractivity contribution in [2.24, 2.45) is 17.8 Å². The SMILES string of the molecule is C=CCN(C(=O)C1N(CCCCCCO)C(=O)[C@@H]2[C@@H](C(=O)N(CC=C)c3ccc(OCC)cc3)[C@]3(C)OC12CC3C)c1ccc(Cl)cc1. The molecule has 3 saturated heterocycles. The number of unbranched alkanes of at least 4 members (excludes halogenated alkanes) is 3. The van der Waals surface area contributed by atoms with Gasteiger partial charge in [-0.05, 0) is 87.6 Å². The van der Waals surface area contributed by atoms with Crippen molar-refractivity contribution in [1.29, 1.82) is 0 Å². The molecule has 3 heterocycles. The van der Waals surface area contributed by atoms with Gasteiger partial charge in [-0.25, -0.2) is 0 Å². The van der Waals surface area contributed by atoms with E-state index in [0.29, 0.717) is 54.6 Å². The van der Waals surface area contributed by atoms with E-state index >= 15 is 0 Å². The molecular formula is C38H48ClN3O6. The Labute approximate surface area is 289 Å². The highest BCUT2D eigenvalue weighted by Crippen LogP contribution is 2.65. The van der Waals surface area contributed by atoms with Crippen LogP contribution in [-0.2, 0) is 19.1 Å². The molecule has 0 aromatic heterocycles. The number of hydrogen-bond acceptors (Lipinski definition) is 6. The monoisotopic (exact) mass is 677 g/mol. The Morgan fingerprint density at radius 3 is 2.17 bits per heavy atom. The van der Waals surface area contributed by atoms with Crippen LogP contribution in [0.15, 0.2) is 73.8 Å². The van der Waals surface area contributed by atoms with E-state index in [9.17, 15) is 19.5 Å². The second kappa shape index (κ2) is 14.8. The van der Waals surface area contributed by atoms with Crippen LogP contribution in [0.2, 0.25) is 5.02 Å². The quantitative estimate of drug-likeness (QED) is 0.172. The molecule has 5 rings (SSSR count). The number of aliphatic hydroxyl groups is 1. The van der Waals surface area contributed by atoms with Gasteiger partial charge < -0.3 is 29.3 Å². The number of carbonyl (C=O) groups is 3. The van der Waals surface area contributed by atoms with Crippen LogP contribution in [0.3, 0.4) is 0 Å². The number of amides is 3. The predicted molar refractivity (Wildman–Crippen MR) is 188 cm³/mol. The number of anilines is 2. The van der Waals surface area contributed by atoms with Crippen molar-refractivity contribution in [2.45, 2.75) is 70.1 Å². The molecule has 0 aliphatic carbocycles. The summed E-state index contributed by atoms with van der Waals surface area (Å²) >= 11 is 6.19. The number of ether oxygens (including phenoxy) is 2. The number of hydrogen-bond donors (Lipinski definition) is 1. The lowest BCUT2D eigenvalue weighted by Gasteiger charge is -2.39. The molecule has 48 heavy (non-hydrogen) atoms. The van der Waals surface area contributed by atoms with Crippen LogP contribution in [0.1, 0.15) is 52.9 Å². The third-order valence-corrected chi connectivity index (χ3v) is 10.6. The Hall–Kier alpha value is -3.66. The number of fused-ring (bicyclic) bond motifs is 1. The lowest BCUT2D eigenvalue weighted by Crippen LogP contribution is -2.57. The molecule has 2 bridgehead atoms. The summed E-state index contributed by atoms with van der Waals surface area (Å²) in [5.41, 5.74) is -0.878. The first-order valence-corrected chi connectivity index (χ1v) is 17.4. The fourth-order valence-electron chi connectivity index (χ4n) is 8.11. The van der Waals surface area contributed by atoms with Crippen molar-refractivity contribution in [3.05, 3.63) is 78.9 Å². The molecule has 2 aromatic rings. The van der Waals surface area contributed by atoms with Crippen LogP contribution in [0.5, 0.6) is 5.75 Å². The zero-order chi connectivity index (χ0) is 34.6. The average molecular weight is 678 g/mol. The predicted octanol–water partition coefficient (Wildman–Crippen LogP) is 6.04. The summed E-state index contributed by atoms with van der Waals surface area (Å²) in [5, 5.41) is 9.83. The van der Waals surface area contributed by atoms with Gasteiger partial charge in [-0.15, -0.1) is 13.2 Å². The van der Waals surface area contributed by atoms with E-state index in [0.717, 1.165) is 12.8 Å². The molecule has 0 saturated carbocycles. The largest absolute Gasteiger partial charge is 0.494 e. The summed E-state index contributed by atoms with van der Waals surface area (Å²) in [5.74, 6) is -1.81. The normalized spacial score (nSPS) is 27.1. The number of rotatable bonds is 16. The second-order valence-corrected chi connectivity index (χ2v) is 13.7. The number of nitrogens with zero attached hydrogens (tertiary/aromatic N) is 3. The molecule has 2 aromatic carbocycles. The van der Waals surface area contributed by atoms with Crippen molar-refractivity contribution in [3.63, 3.8) is 0 Å². The Balaban J connectivity index is 1.57. The Bertz CT molecular complexity index is 1500. The summed E-state index contributed by atoms with van der Waals surface area (Å²) < 4.78 is 12.6. The van der Waals surface area contributed by atoms with Gasteiger partial charge >= 0.3 is 0 Å². The lowest BCUT2D eigenvalue weighted by molar-refractivity contribution is -0.145. The first kappa shape index (κ1) is 35.6. The fourth-order valence-corrected chi connectivity index (χ4v) is 8.24. The molecule has 3 unspecified atom stereocenters. The van der Waals surface area contributed by atoms with Gasteiger partial charge in [0, 0.05) is 42.6 Å². The summed E-state index contributed by atoms with van der Waals surface area (Å²) in [6, 6.07) is 13.4. The zero-order valence-corrected chi connectivity index (χ0v) is 29.0. The van der Waals surface area contributed by atoms with Crippen molar-refractivity contribution in [3.8, 4) is 5.75 Å². The first-order chi connectivity index (χ1) is 23.1. The highest BCUT2D eigenvalue weighted by atomic mass is 35.5. The number of carbonyl (C=O) groups excluding carboxylic acids is 3. The second-order valence-electron chi connectivity index (χ2n) is 13.3. The van der Waals surface area contributed by atoms with Gasteiger partial charge in [-0.3, -0.25) is 14.4 Å². The molecular weight excluding hydrogens is 630 g/mol. The molecule has 3 aliphatic heterocycles. The van der Waals surface area contributed by atoms with E-state index < -0.39 is 29.1 Å². The molecule has 1 spiro atoms. The minimum Gasteiger partial charge on any atom is -0.494 e. The maximum Gasteiger partial charge on any atom is 0.253 e. The molecule has 10 heteroatoms. The van der Waals surface area contributed by atoms with Crippen molar-refractivity contribution in [2.75, 3.05) is 42.6 Å². The smallest absolute Gasteiger partial charge is 0.253 e. The van der Waals surface area contributed by atoms with E-state index in [1.165, 1.54) is 0 Å². The van der Waals surface area contributed by atoms with Gasteiger partial charge in [0.25, 0.3) is 5.91 Å². The summed E-state index contributed by atoms with van der Waals surface area (Å²) in [6.07, 6.45) is 6.72. The summed E-state index contributed by atoms with van der Waals surface area (Å²) in [4.78, 5) is 49.4. The fraction of sp³-hybridized carbons (Fsp3) is 0.500. The van der Waals surface area contributed by atoms with Crippen LogP contribution >= 0.6 is 11.6 Å². The Morgan fingerprint density at radius 1 is 1.00 bits per heavy atom. The maximum atomic E-state index is 14.9. The van der Waals surface area contributed by atoms with Crippen molar-refractivity contribution in [1.82, 2.24) is 4.90 Å². The summed E-state index contributed by atoms with van der Waals surface area (Å²) in [7, 11) is 0. The molecule has 3 fully saturated rings. The molecule has 258 valence electrons.